The third kappa shape index (κ3) is 11.5. The molecule has 0 aliphatic carbocycles. The van der Waals surface area contributed by atoms with E-state index in [1.165, 1.54) is 4.90 Å². The van der Waals surface area contributed by atoms with Gasteiger partial charge in [-0.2, -0.15) is 0 Å². The maximum atomic E-state index is 13.7. The number of ether oxygens (including phenoxy) is 1. The first-order valence-corrected chi connectivity index (χ1v) is 16.3. The maximum Gasteiger partial charge on any atom is 0.258 e. The minimum Gasteiger partial charge on any atom is -0.484 e. The number of anilines is 1. The number of hydrogen-bond donors (Lipinski definition) is 5. The van der Waals surface area contributed by atoms with E-state index in [2.05, 4.69) is 27.8 Å². The molecule has 0 spiro atoms. The molecule has 1 heterocycles. The van der Waals surface area contributed by atoms with Crippen LogP contribution in [0.2, 0.25) is 0 Å². The van der Waals surface area contributed by atoms with Crippen LogP contribution < -0.4 is 31.3 Å². The number of carbonyl (C=O) groups is 5. The lowest BCUT2D eigenvalue weighted by molar-refractivity contribution is -0.147. The van der Waals surface area contributed by atoms with Gasteiger partial charge in [0.2, 0.25) is 17.7 Å². The van der Waals surface area contributed by atoms with Crippen LogP contribution in [-0.2, 0) is 30.4 Å². The molecule has 1 fully saturated rings. The summed E-state index contributed by atoms with van der Waals surface area (Å²) in [6.07, 6.45) is -0.206. The second-order valence-electron chi connectivity index (χ2n) is 13.2. The third-order valence-corrected chi connectivity index (χ3v) is 7.86. The molecule has 1 aliphatic heterocycles. The van der Waals surface area contributed by atoms with Crippen LogP contribution >= 0.6 is 0 Å². The second kappa shape index (κ2) is 17.5. The first-order valence-electron chi connectivity index (χ1n) is 16.3. The zero-order chi connectivity index (χ0) is 35.4. The predicted molar refractivity (Wildman–Crippen MR) is 182 cm³/mol. The molecule has 0 saturated carbocycles. The summed E-state index contributed by atoms with van der Waals surface area (Å²) in [6, 6.07) is 12.8. The minimum atomic E-state index is -1.73. The summed E-state index contributed by atoms with van der Waals surface area (Å²) in [4.78, 5) is 68.4. The number of aliphatic hydroxyl groups excluding tert-OH is 1. The molecule has 262 valence electrons. The fourth-order valence-electron chi connectivity index (χ4n) is 5.55. The Morgan fingerprint density at radius 2 is 1.71 bits per heavy atom. The molecular formula is C35H50N6O7. The van der Waals surface area contributed by atoms with Gasteiger partial charge in [0.1, 0.15) is 17.8 Å². The van der Waals surface area contributed by atoms with Crippen molar-refractivity contribution >= 4 is 35.2 Å². The number of aliphatic hydroxyl groups is 1. The van der Waals surface area contributed by atoms with Gasteiger partial charge in [-0.15, -0.1) is 0 Å². The number of nitrogens with one attached hydrogen (secondary N) is 3. The highest BCUT2D eigenvalue weighted by atomic mass is 16.5. The number of hydrogen-bond acceptors (Lipinski definition) is 8. The predicted octanol–water partition coefficient (Wildman–Crippen LogP) is 1.27. The molecule has 1 aliphatic rings. The molecule has 0 unspecified atom stereocenters. The number of carbonyl (C=O) groups excluding carboxylic acids is 5. The van der Waals surface area contributed by atoms with Crippen molar-refractivity contribution in [2.45, 2.75) is 89.6 Å². The van der Waals surface area contributed by atoms with Crippen LogP contribution in [0.5, 0.6) is 5.75 Å². The fourth-order valence-corrected chi connectivity index (χ4v) is 5.55. The number of primary amides is 1. The average molecular weight is 667 g/mol. The zero-order valence-electron chi connectivity index (χ0n) is 28.5. The van der Waals surface area contributed by atoms with E-state index >= 15 is 0 Å². The quantitative estimate of drug-likeness (QED) is 0.177. The van der Waals surface area contributed by atoms with E-state index in [1.807, 2.05) is 40.0 Å². The van der Waals surface area contributed by atoms with Crippen LogP contribution in [-0.4, -0.2) is 96.1 Å². The Bertz CT molecular complexity index is 1400. The topological polar surface area (TPSA) is 183 Å². The van der Waals surface area contributed by atoms with Gasteiger partial charge in [-0.1, -0.05) is 37.3 Å². The molecule has 0 aromatic heterocycles. The van der Waals surface area contributed by atoms with Gasteiger partial charge in [0.25, 0.3) is 11.8 Å². The molecule has 5 amide bonds. The Morgan fingerprint density at radius 3 is 2.31 bits per heavy atom. The Morgan fingerprint density at radius 1 is 1.04 bits per heavy atom. The highest BCUT2D eigenvalue weighted by molar-refractivity contribution is 5.93. The van der Waals surface area contributed by atoms with Crippen molar-refractivity contribution in [3.63, 3.8) is 0 Å². The van der Waals surface area contributed by atoms with E-state index in [0.717, 1.165) is 18.7 Å². The standard InChI is InChI=1S/C35H50N6O7/c1-6-18-40(5)24-14-16-25(17-15-24)48-22-30(43)37-27(21-29(36)42)32(45)38-26(20-23-11-8-7-9-12-23)31(44)34(47)41-19-10-13-28(41)33(46)39-35(2,3)4/h7-9,11-12,14-17,26-28,31,44H,6,10,13,18-22H2,1-5H3,(H2,36,42)(H,37,43)(H,38,45)(H,39,46)/t26-,27-,28-,31-/m0/s1. The molecular weight excluding hydrogens is 616 g/mol. The van der Waals surface area contributed by atoms with Gasteiger partial charge in [-0.3, -0.25) is 24.0 Å². The molecule has 3 rings (SSSR count). The monoisotopic (exact) mass is 666 g/mol. The number of nitrogens with zero attached hydrogens (tertiary/aromatic N) is 2. The van der Waals surface area contributed by atoms with Crippen LogP contribution in [0.25, 0.3) is 0 Å². The summed E-state index contributed by atoms with van der Waals surface area (Å²) < 4.78 is 5.59. The summed E-state index contributed by atoms with van der Waals surface area (Å²) >= 11 is 0. The van der Waals surface area contributed by atoms with Crippen molar-refractivity contribution in [1.29, 1.82) is 0 Å². The molecule has 0 bridgehead atoms. The lowest BCUT2D eigenvalue weighted by Crippen LogP contribution is -2.59. The van der Waals surface area contributed by atoms with Crippen LogP contribution in [0, 0.1) is 0 Å². The second-order valence-corrected chi connectivity index (χ2v) is 13.2. The van der Waals surface area contributed by atoms with E-state index in [0.29, 0.717) is 24.2 Å². The van der Waals surface area contributed by atoms with Crippen molar-refractivity contribution in [3.05, 3.63) is 60.2 Å². The van der Waals surface area contributed by atoms with Gasteiger partial charge in [0, 0.05) is 31.4 Å². The van der Waals surface area contributed by atoms with Crippen molar-refractivity contribution < 1.29 is 33.8 Å². The highest BCUT2D eigenvalue weighted by Crippen LogP contribution is 2.22. The molecule has 2 aromatic carbocycles. The number of amides is 5. The van der Waals surface area contributed by atoms with Crippen LogP contribution in [0.1, 0.15) is 58.9 Å². The summed E-state index contributed by atoms with van der Waals surface area (Å²) in [5, 5.41) is 19.4. The molecule has 48 heavy (non-hydrogen) atoms. The SMILES string of the molecule is CCCN(C)c1ccc(OCC(=O)N[C@@H](CC(N)=O)C(=O)N[C@@H](Cc2ccccc2)[C@H](O)C(=O)N2CCC[C@H]2C(=O)NC(C)(C)C)cc1. The molecule has 2 aromatic rings. The fraction of sp³-hybridized carbons (Fsp3) is 0.514. The van der Waals surface area contributed by atoms with E-state index in [1.54, 1.807) is 42.5 Å². The van der Waals surface area contributed by atoms with Crippen molar-refractivity contribution in [1.82, 2.24) is 20.9 Å². The number of rotatable bonds is 16. The molecule has 4 atom stereocenters. The molecule has 13 heteroatoms. The molecule has 6 N–H and O–H groups in total. The Labute approximate surface area is 282 Å². The smallest absolute Gasteiger partial charge is 0.258 e. The van der Waals surface area contributed by atoms with E-state index in [4.69, 9.17) is 10.5 Å². The van der Waals surface area contributed by atoms with Crippen molar-refractivity contribution in [2.75, 3.05) is 31.6 Å². The molecule has 1 saturated heterocycles. The first kappa shape index (κ1) is 37.8. The maximum absolute atomic E-state index is 13.7. The van der Waals surface area contributed by atoms with Crippen LogP contribution in [0.4, 0.5) is 5.69 Å². The summed E-state index contributed by atoms with van der Waals surface area (Å²) in [6.45, 7) is 8.31. The summed E-state index contributed by atoms with van der Waals surface area (Å²) in [7, 11) is 1.98. The van der Waals surface area contributed by atoms with Crippen LogP contribution in [0.15, 0.2) is 54.6 Å². The molecule has 0 radical (unpaired) electrons. The Kier molecular flexibility index (Phi) is 13.8. The Hall–Kier alpha value is -4.65. The van der Waals surface area contributed by atoms with Crippen LogP contribution in [0.3, 0.4) is 0 Å². The number of nitrogens with two attached hydrogens (primary N) is 1. The minimum absolute atomic E-state index is 0.0516. The van der Waals surface area contributed by atoms with E-state index in [9.17, 15) is 29.1 Å². The number of likely N-dealkylation sites (tertiary alicyclic amines) is 1. The summed E-state index contributed by atoms with van der Waals surface area (Å²) in [5.41, 5.74) is 6.60. The average Bonchev–Trinajstić information content (AvgIpc) is 3.53. The van der Waals surface area contributed by atoms with Crippen molar-refractivity contribution in [2.24, 2.45) is 5.73 Å². The van der Waals surface area contributed by atoms with E-state index in [-0.39, 0.29) is 18.9 Å². The van der Waals surface area contributed by atoms with Gasteiger partial charge in [-0.25, -0.2) is 0 Å². The zero-order valence-corrected chi connectivity index (χ0v) is 28.5. The summed E-state index contributed by atoms with van der Waals surface area (Å²) in [5.74, 6) is -2.93. The lowest BCUT2D eigenvalue weighted by atomic mass is 9.99. The van der Waals surface area contributed by atoms with E-state index < -0.39 is 66.4 Å². The third-order valence-electron chi connectivity index (χ3n) is 7.86. The first-order chi connectivity index (χ1) is 22.7. The lowest BCUT2D eigenvalue weighted by Gasteiger charge is -2.32. The number of benzene rings is 2. The van der Waals surface area contributed by atoms with Gasteiger partial charge >= 0.3 is 0 Å². The highest BCUT2D eigenvalue weighted by Gasteiger charge is 2.40. The van der Waals surface area contributed by atoms with Crippen molar-refractivity contribution in [3.8, 4) is 5.75 Å². The normalized spacial score (nSPS) is 16.3. The molecule has 13 nitrogen and oxygen atoms in total. The Balaban J connectivity index is 1.72. The van der Waals surface area contributed by atoms with Gasteiger partial charge in [-0.05, 0) is 76.3 Å². The largest absolute Gasteiger partial charge is 0.484 e. The van der Waals surface area contributed by atoms with Gasteiger partial charge in [0.15, 0.2) is 12.7 Å². The van der Waals surface area contributed by atoms with Gasteiger partial charge in [0.05, 0.1) is 12.5 Å². The van der Waals surface area contributed by atoms with Gasteiger partial charge < -0.3 is 41.3 Å².